The quantitative estimate of drug-likeness (QED) is 0.426. The molecule has 1 amide bonds. The lowest BCUT2D eigenvalue weighted by Gasteiger charge is -2.41. The summed E-state index contributed by atoms with van der Waals surface area (Å²) >= 11 is 0. The molecule has 4 rings (SSSR count). The van der Waals surface area contributed by atoms with Gasteiger partial charge in [-0.1, -0.05) is 0 Å². The van der Waals surface area contributed by atoms with Crippen LogP contribution in [0.15, 0.2) is 0 Å². The molecule has 2 aliphatic carbocycles. The molecule has 9 heteroatoms. The van der Waals surface area contributed by atoms with E-state index < -0.39 is 0 Å². The number of carbonyl (C=O) groups excluding carboxylic acids is 2. The van der Waals surface area contributed by atoms with E-state index >= 15 is 0 Å². The molecule has 0 aromatic heterocycles. The van der Waals surface area contributed by atoms with Crippen LogP contribution in [0.25, 0.3) is 0 Å². The Kier molecular flexibility index (Phi) is 10.4. The number of esters is 1. The first kappa shape index (κ1) is 27.8. The second-order valence-corrected chi connectivity index (χ2v) is 11.3. The molecule has 0 radical (unpaired) electrons. The Morgan fingerprint density at radius 1 is 0.917 bits per heavy atom. The van der Waals surface area contributed by atoms with E-state index in [-0.39, 0.29) is 24.2 Å². The van der Waals surface area contributed by atoms with Gasteiger partial charge in [0.25, 0.3) is 0 Å². The maximum absolute atomic E-state index is 13.2. The summed E-state index contributed by atoms with van der Waals surface area (Å²) in [5.74, 6) is 1.77. The van der Waals surface area contributed by atoms with Gasteiger partial charge in [-0.05, 0) is 77.0 Å². The monoisotopic (exact) mass is 507 g/mol. The van der Waals surface area contributed by atoms with E-state index in [0.29, 0.717) is 43.7 Å². The van der Waals surface area contributed by atoms with Crippen molar-refractivity contribution in [3.05, 3.63) is 0 Å². The summed E-state index contributed by atoms with van der Waals surface area (Å²) in [4.78, 5) is 29.3. The van der Waals surface area contributed by atoms with E-state index in [1.807, 2.05) is 25.9 Å². The maximum atomic E-state index is 13.2. The van der Waals surface area contributed by atoms with Crippen LogP contribution in [-0.2, 0) is 19.1 Å². The summed E-state index contributed by atoms with van der Waals surface area (Å²) in [6, 6.07) is 0.210. The molecule has 1 unspecified atom stereocenters. The third-order valence-electron chi connectivity index (χ3n) is 9.17. The molecule has 2 aliphatic heterocycles. The predicted molar refractivity (Wildman–Crippen MR) is 139 cm³/mol. The zero-order valence-corrected chi connectivity index (χ0v) is 22.7. The highest BCUT2D eigenvalue weighted by atomic mass is 16.5. The fourth-order valence-electron chi connectivity index (χ4n) is 6.67. The molecule has 4 aliphatic rings. The highest BCUT2D eigenvalue weighted by Crippen LogP contribution is 2.32. The number of rotatable bonds is 8. The van der Waals surface area contributed by atoms with Crippen LogP contribution in [0.4, 0.5) is 0 Å². The number of nitrogens with zero attached hydrogens (tertiary/aromatic N) is 2. The first-order valence-corrected chi connectivity index (χ1v) is 14.4. The van der Waals surface area contributed by atoms with Crippen molar-refractivity contribution in [2.45, 2.75) is 89.7 Å². The van der Waals surface area contributed by atoms with Crippen LogP contribution in [0.1, 0.15) is 65.2 Å². The van der Waals surface area contributed by atoms with Crippen molar-refractivity contribution in [3.8, 4) is 0 Å². The average Bonchev–Trinajstić information content (AvgIpc) is 2.93. The first-order valence-electron chi connectivity index (χ1n) is 14.4. The smallest absolute Gasteiger partial charge is 0.323 e. The number of ether oxygens (including phenoxy) is 2. The largest absolute Gasteiger partial charge is 0.465 e. The lowest BCUT2D eigenvalue weighted by Crippen LogP contribution is -2.63. The lowest BCUT2D eigenvalue weighted by molar-refractivity contribution is -0.150. The second kappa shape index (κ2) is 13.5. The van der Waals surface area contributed by atoms with Crippen LogP contribution in [0.5, 0.6) is 0 Å². The summed E-state index contributed by atoms with van der Waals surface area (Å²) < 4.78 is 10.7. The summed E-state index contributed by atoms with van der Waals surface area (Å²) in [7, 11) is 1.84. The molecular formula is C27H49N5O4. The maximum Gasteiger partial charge on any atom is 0.323 e. The summed E-state index contributed by atoms with van der Waals surface area (Å²) in [6.45, 7) is 9.14. The minimum Gasteiger partial charge on any atom is -0.465 e. The molecule has 0 spiro atoms. The van der Waals surface area contributed by atoms with Crippen LogP contribution in [0.2, 0.25) is 0 Å². The standard InChI is InChI=1S/C27H49N5O4/c1-4-36-26(34)19(2)31-13-15-32(16-14-31)25(33)21-5-9-23(10-6-21)30-27-28-17-22(18-29-27)20-7-11-24(35-3)12-8-20/h19-24,27-30H,4-18H2,1-3H3. The SMILES string of the molecule is CCOC(=O)C(C)N1CCN(C(=O)C2CCC(NC3NCC(C4CCC(OC)CC4)CN3)CC2)CC1. The number of hydrogen-bond donors (Lipinski definition) is 3. The van der Waals surface area contributed by atoms with Crippen molar-refractivity contribution >= 4 is 11.9 Å². The van der Waals surface area contributed by atoms with Gasteiger partial charge in [-0.25, -0.2) is 0 Å². The molecule has 2 heterocycles. The molecule has 4 fully saturated rings. The molecule has 36 heavy (non-hydrogen) atoms. The fraction of sp³-hybridized carbons (Fsp3) is 0.926. The van der Waals surface area contributed by atoms with E-state index in [1.165, 1.54) is 25.7 Å². The topological polar surface area (TPSA) is 95.2 Å². The van der Waals surface area contributed by atoms with Crippen LogP contribution in [-0.4, -0.2) is 99.1 Å². The number of nitrogens with one attached hydrogen (secondary N) is 3. The number of hydrogen-bond acceptors (Lipinski definition) is 8. The fourth-order valence-corrected chi connectivity index (χ4v) is 6.67. The van der Waals surface area contributed by atoms with Crippen LogP contribution >= 0.6 is 0 Å². The Hall–Kier alpha value is -1.26. The van der Waals surface area contributed by atoms with Gasteiger partial charge in [0.2, 0.25) is 5.91 Å². The summed E-state index contributed by atoms with van der Waals surface area (Å²) in [5, 5.41) is 11.1. The predicted octanol–water partition coefficient (Wildman–Crippen LogP) is 1.53. The van der Waals surface area contributed by atoms with Crippen molar-refractivity contribution in [2.24, 2.45) is 17.8 Å². The minimum absolute atomic E-state index is 0.135. The highest BCUT2D eigenvalue weighted by Gasteiger charge is 2.35. The zero-order valence-electron chi connectivity index (χ0n) is 22.7. The Balaban J connectivity index is 1.11. The molecule has 2 saturated carbocycles. The van der Waals surface area contributed by atoms with Gasteiger partial charge in [-0.3, -0.25) is 30.4 Å². The van der Waals surface area contributed by atoms with E-state index in [2.05, 4.69) is 20.9 Å². The first-order chi connectivity index (χ1) is 17.5. The van der Waals surface area contributed by atoms with Crippen LogP contribution in [0, 0.1) is 17.8 Å². The van der Waals surface area contributed by atoms with Crippen molar-refractivity contribution < 1.29 is 19.1 Å². The van der Waals surface area contributed by atoms with Gasteiger partial charge < -0.3 is 14.4 Å². The van der Waals surface area contributed by atoms with E-state index in [1.54, 1.807) is 0 Å². The van der Waals surface area contributed by atoms with Gasteiger partial charge in [0.05, 0.1) is 12.7 Å². The molecule has 0 aromatic carbocycles. The highest BCUT2D eigenvalue weighted by molar-refractivity contribution is 5.79. The van der Waals surface area contributed by atoms with Gasteiger partial charge in [0.15, 0.2) is 0 Å². The van der Waals surface area contributed by atoms with Gasteiger partial charge in [-0.15, -0.1) is 0 Å². The third kappa shape index (κ3) is 7.19. The Bertz CT molecular complexity index is 692. The molecule has 3 N–H and O–H groups in total. The molecule has 2 saturated heterocycles. The zero-order chi connectivity index (χ0) is 25.5. The Labute approximate surface area is 217 Å². The van der Waals surface area contributed by atoms with Crippen molar-refractivity contribution in [1.29, 1.82) is 0 Å². The van der Waals surface area contributed by atoms with Gasteiger partial charge in [0.1, 0.15) is 12.3 Å². The third-order valence-corrected chi connectivity index (χ3v) is 9.17. The lowest BCUT2D eigenvalue weighted by atomic mass is 9.78. The summed E-state index contributed by atoms with van der Waals surface area (Å²) in [6.07, 6.45) is 9.58. The van der Waals surface area contributed by atoms with Gasteiger partial charge in [-0.2, -0.15) is 0 Å². The van der Waals surface area contributed by atoms with Gasteiger partial charge >= 0.3 is 5.97 Å². The number of methoxy groups -OCH3 is 1. The van der Waals surface area contributed by atoms with Crippen molar-refractivity contribution in [3.63, 3.8) is 0 Å². The van der Waals surface area contributed by atoms with Gasteiger partial charge in [0, 0.05) is 58.3 Å². The van der Waals surface area contributed by atoms with Crippen molar-refractivity contribution in [2.75, 3.05) is 53.0 Å². The minimum atomic E-state index is -0.244. The number of piperazine rings is 1. The molecule has 1 atom stereocenters. The normalized spacial score (nSPS) is 35.2. The molecule has 0 aromatic rings. The Morgan fingerprint density at radius 3 is 2.14 bits per heavy atom. The van der Waals surface area contributed by atoms with Crippen LogP contribution < -0.4 is 16.0 Å². The molecule has 9 nitrogen and oxygen atoms in total. The van der Waals surface area contributed by atoms with Crippen molar-refractivity contribution in [1.82, 2.24) is 25.8 Å². The molecule has 206 valence electrons. The van der Waals surface area contributed by atoms with E-state index in [9.17, 15) is 9.59 Å². The average molecular weight is 508 g/mol. The number of amides is 1. The van der Waals surface area contributed by atoms with Crippen LogP contribution in [0.3, 0.4) is 0 Å². The summed E-state index contributed by atoms with van der Waals surface area (Å²) in [5.41, 5.74) is 0. The molecule has 0 bridgehead atoms. The Morgan fingerprint density at radius 2 is 1.56 bits per heavy atom. The van der Waals surface area contributed by atoms with E-state index in [0.717, 1.165) is 57.8 Å². The number of carbonyl (C=O) groups is 2. The second-order valence-electron chi connectivity index (χ2n) is 11.3. The van der Waals surface area contributed by atoms with E-state index in [4.69, 9.17) is 9.47 Å². The molecular weight excluding hydrogens is 458 g/mol.